The largest absolute Gasteiger partial charge is 0.388 e. The van der Waals surface area contributed by atoms with Crippen molar-refractivity contribution in [3.05, 3.63) is 23.0 Å². The molecular weight excluding hydrogens is 288 g/mol. The maximum absolute atomic E-state index is 11.8. The van der Waals surface area contributed by atoms with E-state index in [9.17, 15) is 13.5 Å². The van der Waals surface area contributed by atoms with Crippen LogP contribution in [0.1, 0.15) is 50.2 Å². The number of aliphatic hydroxyl groups is 1. The third-order valence-electron chi connectivity index (χ3n) is 4.15. The Morgan fingerprint density at radius 2 is 2.14 bits per heavy atom. The lowest BCUT2D eigenvalue weighted by Gasteiger charge is -2.34. The molecule has 1 aromatic heterocycles. The smallest absolute Gasteiger partial charge is 0.213 e. The van der Waals surface area contributed by atoms with Gasteiger partial charge in [-0.3, -0.25) is 0 Å². The van der Waals surface area contributed by atoms with Gasteiger partial charge in [-0.2, -0.15) is 0 Å². The molecule has 21 heavy (non-hydrogen) atoms. The summed E-state index contributed by atoms with van der Waals surface area (Å²) in [6, 6.07) is 2.00. The molecule has 6 heteroatoms. The molecule has 5 nitrogen and oxygen atoms in total. The van der Waals surface area contributed by atoms with Gasteiger partial charge in [-0.1, -0.05) is 20.8 Å². The van der Waals surface area contributed by atoms with E-state index in [2.05, 4.69) is 18.6 Å². The number of hydrogen-bond acceptors (Lipinski definition) is 3. The van der Waals surface area contributed by atoms with Gasteiger partial charge in [-0.25, -0.2) is 13.1 Å². The molecule has 0 fully saturated rings. The fraction of sp³-hybridized carbons (Fsp3) is 0.733. The van der Waals surface area contributed by atoms with Gasteiger partial charge in [0.15, 0.2) is 0 Å². The zero-order valence-electron chi connectivity index (χ0n) is 13.3. The van der Waals surface area contributed by atoms with E-state index in [4.69, 9.17) is 0 Å². The summed E-state index contributed by atoms with van der Waals surface area (Å²) in [7, 11) is -3.23. The number of rotatable bonds is 5. The van der Waals surface area contributed by atoms with E-state index >= 15 is 0 Å². The molecule has 1 aliphatic rings. The summed E-state index contributed by atoms with van der Waals surface area (Å²) in [6.07, 6.45) is 1.17. The molecule has 2 rings (SSSR count). The van der Waals surface area contributed by atoms with Crippen LogP contribution in [0.15, 0.2) is 6.07 Å². The average Bonchev–Trinajstić information content (AvgIpc) is 2.62. The molecule has 0 saturated carbocycles. The van der Waals surface area contributed by atoms with E-state index in [1.165, 1.54) is 0 Å². The minimum Gasteiger partial charge on any atom is -0.388 e. The third kappa shape index (κ3) is 3.67. The average molecular weight is 314 g/mol. The predicted octanol–water partition coefficient (Wildman–Crippen LogP) is 1.74. The van der Waals surface area contributed by atoms with Gasteiger partial charge in [0, 0.05) is 30.0 Å². The second kappa shape index (κ2) is 5.74. The number of aliphatic hydroxyl groups excluding tert-OH is 1. The maximum atomic E-state index is 11.8. The fourth-order valence-corrected chi connectivity index (χ4v) is 4.22. The molecule has 1 unspecified atom stereocenters. The van der Waals surface area contributed by atoms with E-state index in [1.807, 2.05) is 17.6 Å². The fourth-order valence-electron chi connectivity index (χ4n) is 3.21. The Kier molecular flexibility index (Phi) is 4.52. The number of aromatic nitrogens is 1. The lowest BCUT2D eigenvalue weighted by atomic mass is 9.75. The molecule has 1 atom stereocenters. The Balaban J connectivity index is 2.26. The highest BCUT2D eigenvalue weighted by Gasteiger charge is 2.34. The van der Waals surface area contributed by atoms with Gasteiger partial charge in [0.2, 0.25) is 10.0 Å². The number of hydrogen-bond donors (Lipinski definition) is 2. The zero-order chi connectivity index (χ0) is 15.8. The van der Waals surface area contributed by atoms with Crippen molar-refractivity contribution in [1.82, 2.24) is 9.29 Å². The Labute approximate surface area is 127 Å². The summed E-state index contributed by atoms with van der Waals surface area (Å²) >= 11 is 0. The van der Waals surface area contributed by atoms with Crippen LogP contribution in [0.3, 0.4) is 0 Å². The number of nitrogens with zero attached hydrogens (tertiary/aromatic N) is 1. The monoisotopic (exact) mass is 314 g/mol. The Morgan fingerprint density at radius 1 is 1.48 bits per heavy atom. The van der Waals surface area contributed by atoms with Crippen molar-refractivity contribution in [1.29, 1.82) is 0 Å². The van der Waals surface area contributed by atoms with Crippen LogP contribution in [0, 0.1) is 12.3 Å². The number of nitrogens with one attached hydrogen (secondary N) is 1. The van der Waals surface area contributed by atoms with Gasteiger partial charge < -0.3 is 9.67 Å². The van der Waals surface area contributed by atoms with Crippen molar-refractivity contribution in [3.8, 4) is 0 Å². The van der Waals surface area contributed by atoms with Crippen LogP contribution in [0.5, 0.6) is 0 Å². The highest BCUT2D eigenvalue weighted by Crippen LogP contribution is 2.41. The molecule has 0 bridgehead atoms. The van der Waals surface area contributed by atoms with Crippen LogP contribution in [0.25, 0.3) is 0 Å². The molecular formula is C15H26N2O3S. The molecule has 1 aliphatic carbocycles. The molecule has 2 N–H and O–H groups in total. The van der Waals surface area contributed by atoms with Gasteiger partial charge in [0.25, 0.3) is 0 Å². The van der Waals surface area contributed by atoms with E-state index in [-0.39, 0.29) is 11.2 Å². The van der Waals surface area contributed by atoms with E-state index in [0.717, 1.165) is 29.8 Å². The number of fused-ring (bicyclic) bond motifs is 1. The summed E-state index contributed by atoms with van der Waals surface area (Å²) in [5.41, 5.74) is 3.11. The molecule has 0 aliphatic heterocycles. The molecule has 0 radical (unpaired) electrons. The Bertz CT molecular complexity index is 617. The predicted molar refractivity (Wildman–Crippen MR) is 83.7 cm³/mol. The Hall–Kier alpha value is -0.850. The lowest BCUT2D eigenvalue weighted by Crippen LogP contribution is -2.30. The zero-order valence-corrected chi connectivity index (χ0v) is 14.1. The van der Waals surface area contributed by atoms with Crippen molar-refractivity contribution in [2.24, 2.45) is 5.41 Å². The number of sulfonamides is 1. The third-order valence-corrected chi connectivity index (χ3v) is 5.60. The van der Waals surface area contributed by atoms with Crippen LogP contribution < -0.4 is 4.72 Å². The van der Waals surface area contributed by atoms with Crippen LogP contribution in [0.2, 0.25) is 0 Å². The summed E-state index contributed by atoms with van der Waals surface area (Å²) in [4.78, 5) is 0. The van der Waals surface area contributed by atoms with Crippen molar-refractivity contribution in [2.75, 3.05) is 12.3 Å². The quantitative estimate of drug-likeness (QED) is 0.869. The van der Waals surface area contributed by atoms with Crippen LogP contribution >= 0.6 is 0 Å². The van der Waals surface area contributed by atoms with Gasteiger partial charge in [0.05, 0.1) is 11.9 Å². The van der Waals surface area contributed by atoms with Gasteiger partial charge >= 0.3 is 0 Å². The highest BCUT2D eigenvalue weighted by molar-refractivity contribution is 7.89. The van der Waals surface area contributed by atoms with Gasteiger partial charge in [0.1, 0.15) is 0 Å². The summed E-state index contributed by atoms with van der Waals surface area (Å²) in [5, 5.41) is 10.3. The first-order chi connectivity index (χ1) is 9.65. The van der Waals surface area contributed by atoms with Crippen molar-refractivity contribution in [3.63, 3.8) is 0 Å². The van der Waals surface area contributed by atoms with Crippen molar-refractivity contribution >= 4 is 10.0 Å². The lowest BCUT2D eigenvalue weighted by molar-refractivity contribution is 0.0980. The molecule has 0 spiro atoms. The standard InChI is InChI=1S/C15H26N2O3S/c1-5-16-21(19,20)7-6-17-11(2)8-12-13(17)9-15(3,4)10-14(12)18/h8,14,16,18H,5-7,9-10H2,1-4H3. The minimum atomic E-state index is -3.23. The molecule has 1 heterocycles. The summed E-state index contributed by atoms with van der Waals surface area (Å²) < 4.78 is 28.2. The SMILES string of the molecule is CCNS(=O)(=O)CCn1c(C)cc2c1CC(C)(C)CC2O. The Morgan fingerprint density at radius 3 is 2.76 bits per heavy atom. The second-order valence-corrected chi connectivity index (χ2v) is 8.64. The minimum absolute atomic E-state index is 0.0372. The van der Waals surface area contributed by atoms with Crippen LogP contribution in [0.4, 0.5) is 0 Å². The first kappa shape index (κ1) is 16.5. The molecule has 120 valence electrons. The number of aryl methyl sites for hydroxylation is 1. The first-order valence-corrected chi connectivity index (χ1v) is 9.15. The van der Waals surface area contributed by atoms with E-state index in [0.29, 0.717) is 13.1 Å². The topological polar surface area (TPSA) is 71.3 Å². The molecule has 0 aromatic carbocycles. The summed E-state index contributed by atoms with van der Waals surface area (Å²) in [5.74, 6) is 0.0688. The second-order valence-electron chi connectivity index (χ2n) is 6.72. The molecule has 0 saturated heterocycles. The van der Waals surface area contributed by atoms with E-state index < -0.39 is 16.1 Å². The van der Waals surface area contributed by atoms with Crippen LogP contribution in [-0.4, -0.2) is 30.4 Å². The molecule has 0 amide bonds. The van der Waals surface area contributed by atoms with Crippen molar-refractivity contribution in [2.45, 2.75) is 53.2 Å². The normalized spacial score (nSPS) is 21.3. The van der Waals surface area contributed by atoms with Crippen molar-refractivity contribution < 1.29 is 13.5 Å². The highest BCUT2D eigenvalue weighted by atomic mass is 32.2. The molecule has 1 aromatic rings. The van der Waals surface area contributed by atoms with Gasteiger partial charge in [-0.15, -0.1) is 0 Å². The van der Waals surface area contributed by atoms with Crippen LogP contribution in [-0.2, 0) is 23.0 Å². The first-order valence-electron chi connectivity index (χ1n) is 7.49. The van der Waals surface area contributed by atoms with Gasteiger partial charge in [-0.05, 0) is 31.2 Å². The summed E-state index contributed by atoms with van der Waals surface area (Å²) in [6.45, 7) is 8.87. The van der Waals surface area contributed by atoms with E-state index in [1.54, 1.807) is 6.92 Å². The maximum Gasteiger partial charge on any atom is 0.213 e.